The Bertz CT molecular complexity index is 379. The highest BCUT2D eigenvalue weighted by molar-refractivity contribution is 5.47. The first-order chi connectivity index (χ1) is 7.66. The van der Waals surface area contributed by atoms with E-state index in [-0.39, 0.29) is 11.9 Å². The summed E-state index contributed by atoms with van der Waals surface area (Å²) < 4.78 is 0. The Labute approximate surface area is 93.2 Å². The highest BCUT2D eigenvalue weighted by Crippen LogP contribution is 2.20. The lowest BCUT2D eigenvalue weighted by Gasteiger charge is -2.31. The zero-order chi connectivity index (χ0) is 11.5. The lowest BCUT2D eigenvalue weighted by Crippen LogP contribution is -2.42. The fraction of sp³-hybridized carbons (Fsp3) is 0.500. The number of nitrogens with zero attached hydrogens (tertiary/aromatic N) is 3. The highest BCUT2D eigenvalue weighted by atomic mass is 16.6. The molecule has 1 fully saturated rings. The molecule has 0 amide bonds. The predicted molar refractivity (Wildman–Crippen MR) is 60.3 cm³/mol. The van der Waals surface area contributed by atoms with Crippen LogP contribution in [0.1, 0.15) is 12.8 Å². The third-order valence-corrected chi connectivity index (χ3v) is 2.74. The number of anilines is 1. The van der Waals surface area contributed by atoms with Crippen molar-refractivity contribution in [1.29, 1.82) is 0 Å². The van der Waals surface area contributed by atoms with Gasteiger partial charge in [0.1, 0.15) is 0 Å². The average molecular weight is 222 g/mol. The molecule has 1 atom stereocenters. The van der Waals surface area contributed by atoms with Crippen molar-refractivity contribution < 1.29 is 4.92 Å². The standard InChI is InChI=1S/C10H14N4O2/c11-8-2-1-5-13(7-8)9-3-4-10(12-6-9)14(15)16/h3-4,6,8H,1-2,5,7,11H2. The van der Waals surface area contributed by atoms with Gasteiger partial charge in [0.25, 0.3) is 0 Å². The molecule has 2 heterocycles. The Morgan fingerprint density at radius 2 is 2.38 bits per heavy atom. The maximum Gasteiger partial charge on any atom is 0.363 e. The molecule has 0 bridgehead atoms. The summed E-state index contributed by atoms with van der Waals surface area (Å²) in [5.74, 6) is -0.120. The van der Waals surface area contributed by atoms with Crippen molar-refractivity contribution >= 4 is 11.5 Å². The second kappa shape index (κ2) is 4.44. The van der Waals surface area contributed by atoms with Gasteiger partial charge >= 0.3 is 5.82 Å². The monoisotopic (exact) mass is 222 g/mol. The molecule has 1 aromatic rings. The third-order valence-electron chi connectivity index (χ3n) is 2.74. The quantitative estimate of drug-likeness (QED) is 0.594. The van der Waals surface area contributed by atoms with Crippen molar-refractivity contribution in [3.63, 3.8) is 0 Å². The number of rotatable bonds is 2. The number of pyridine rings is 1. The van der Waals surface area contributed by atoms with Gasteiger partial charge in [-0.3, -0.25) is 0 Å². The van der Waals surface area contributed by atoms with Crippen LogP contribution >= 0.6 is 0 Å². The smallest absolute Gasteiger partial charge is 0.363 e. The molecule has 6 nitrogen and oxygen atoms in total. The van der Waals surface area contributed by atoms with Crippen LogP contribution < -0.4 is 10.6 Å². The molecular formula is C10H14N4O2. The average Bonchev–Trinajstić information content (AvgIpc) is 2.29. The second-order valence-corrected chi connectivity index (χ2v) is 3.98. The first-order valence-electron chi connectivity index (χ1n) is 5.28. The molecular weight excluding hydrogens is 208 g/mol. The minimum atomic E-state index is -0.494. The molecule has 2 rings (SSSR count). The van der Waals surface area contributed by atoms with Crippen molar-refractivity contribution in [2.45, 2.75) is 18.9 Å². The highest BCUT2D eigenvalue weighted by Gasteiger charge is 2.18. The Hall–Kier alpha value is -1.69. The van der Waals surface area contributed by atoms with Crippen molar-refractivity contribution in [2.24, 2.45) is 5.73 Å². The van der Waals surface area contributed by atoms with Crippen LogP contribution in [0.15, 0.2) is 18.3 Å². The summed E-state index contributed by atoms with van der Waals surface area (Å²) in [6.07, 6.45) is 3.63. The van der Waals surface area contributed by atoms with E-state index in [0.717, 1.165) is 31.6 Å². The van der Waals surface area contributed by atoms with Crippen LogP contribution in [0.3, 0.4) is 0 Å². The molecule has 1 saturated heterocycles. The molecule has 6 heteroatoms. The maximum absolute atomic E-state index is 10.5. The van der Waals surface area contributed by atoms with E-state index in [9.17, 15) is 10.1 Å². The van der Waals surface area contributed by atoms with Crippen molar-refractivity contribution in [1.82, 2.24) is 4.98 Å². The van der Waals surface area contributed by atoms with Gasteiger partial charge in [0.15, 0.2) is 6.20 Å². The van der Waals surface area contributed by atoms with E-state index in [0.29, 0.717) is 0 Å². The fourth-order valence-electron chi connectivity index (χ4n) is 1.92. The van der Waals surface area contributed by atoms with Crippen molar-refractivity contribution in [3.05, 3.63) is 28.4 Å². The molecule has 0 aliphatic carbocycles. The Balaban J connectivity index is 2.11. The summed E-state index contributed by atoms with van der Waals surface area (Å²) >= 11 is 0. The SMILES string of the molecule is NC1CCCN(c2ccc([N+](=O)[O-])nc2)C1. The van der Waals surface area contributed by atoms with E-state index in [4.69, 9.17) is 5.73 Å². The number of aromatic nitrogens is 1. The van der Waals surface area contributed by atoms with Gasteiger partial charge in [0.2, 0.25) is 0 Å². The molecule has 1 aliphatic heterocycles. The zero-order valence-corrected chi connectivity index (χ0v) is 8.87. The van der Waals surface area contributed by atoms with Gasteiger partial charge in [0.05, 0.1) is 5.69 Å². The van der Waals surface area contributed by atoms with Crippen LogP contribution in [0, 0.1) is 10.1 Å². The lowest BCUT2D eigenvalue weighted by molar-refractivity contribution is -0.389. The molecule has 1 aliphatic rings. The van der Waals surface area contributed by atoms with Gasteiger partial charge in [-0.1, -0.05) is 0 Å². The minimum Gasteiger partial charge on any atom is -0.367 e. The van der Waals surface area contributed by atoms with Gasteiger partial charge < -0.3 is 20.7 Å². The summed E-state index contributed by atoms with van der Waals surface area (Å²) in [5.41, 5.74) is 6.77. The largest absolute Gasteiger partial charge is 0.367 e. The van der Waals surface area contributed by atoms with Crippen LogP contribution in [-0.4, -0.2) is 29.0 Å². The van der Waals surface area contributed by atoms with E-state index >= 15 is 0 Å². The first-order valence-corrected chi connectivity index (χ1v) is 5.28. The molecule has 0 aromatic carbocycles. The third kappa shape index (κ3) is 2.27. The molecule has 0 radical (unpaired) electrons. The number of nitro groups is 1. The molecule has 1 unspecified atom stereocenters. The van der Waals surface area contributed by atoms with Crippen LogP contribution in [0.5, 0.6) is 0 Å². The van der Waals surface area contributed by atoms with Crippen LogP contribution in [0.4, 0.5) is 11.5 Å². The van der Waals surface area contributed by atoms with Crippen LogP contribution in [0.25, 0.3) is 0 Å². The van der Waals surface area contributed by atoms with E-state index < -0.39 is 4.92 Å². The van der Waals surface area contributed by atoms with Gasteiger partial charge in [-0.15, -0.1) is 0 Å². The Kier molecular flexibility index (Phi) is 3.00. The normalized spacial score (nSPS) is 20.8. The van der Waals surface area contributed by atoms with Crippen LogP contribution in [-0.2, 0) is 0 Å². The zero-order valence-electron chi connectivity index (χ0n) is 8.87. The number of nitrogens with two attached hydrogens (primary N) is 1. The van der Waals surface area contributed by atoms with Crippen molar-refractivity contribution in [3.8, 4) is 0 Å². The molecule has 2 N–H and O–H groups in total. The predicted octanol–water partition coefficient (Wildman–Crippen LogP) is 0.917. The van der Waals surface area contributed by atoms with Gasteiger partial charge in [0, 0.05) is 25.2 Å². The molecule has 16 heavy (non-hydrogen) atoms. The molecule has 0 spiro atoms. The summed E-state index contributed by atoms with van der Waals surface area (Å²) in [5, 5.41) is 10.5. The first kappa shape index (κ1) is 10.8. The number of hydrogen-bond donors (Lipinski definition) is 1. The van der Waals surface area contributed by atoms with Crippen molar-refractivity contribution in [2.75, 3.05) is 18.0 Å². The fourth-order valence-corrected chi connectivity index (χ4v) is 1.92. The van der Waals surface area contributed by atoms with E-state index in [1.807, 2.05) is 0 Å². The number of piperidine rings is 1. The topological polar surface area (TPSA) is 85.3 Å². The van der Waals surface area contributed by atoms with E-state index in [1.165, 1.54) is 12.3 Å². The molecule has 1 aromatic heterocycles. The van der Waals surface area contributed by atoms with E-state index in [1.54, 1.807) is 6.07 Å². The second-order valence-electron chi connectivity index (χ2n) is 3.98. The van der Waals surface area contributed by atoms with Gasteiger partial charge in [-0.2, -0.15) is 0 Å². The van der Waals surface area contributed by atoms with Gasteiger partial charge in [-0.25, -0.2) is 0 Å². The summed E-state index contributed by atoms with van der Waals surface area (Å²) in [4.78, 5) is 15.9. The van der Waals surface area contributed by atoms with E-state index in [2.05, 4.69) is 9.88 Å². The lowest BCUT2D eigenvalue weighted by atomic mass is 10.1. The summed E-state index contributed by atoms with van der Waals surface area (Å²) in [7, 11) is 0. The minimum absolute atomic E-state index is 0.120. The summed E-state index contributed by atoms with van der Waals surface area (Å²) in [6.45, 7) is 1.73. The Morgan fingerprint density at radius 3 is 2.94 bits per heavy atom. The maximum atomic E-state index is 10.5. The Morgan fingerprint density at radius 1 is 1.56 bits per heavy atom. The summed E-state index contributed by atoms with van der Waals surface area (Å²) in [6, 6.07) is 3.34. The van der Waals surface area contributed by atoms with Crippen LogP contribution in [0.2, 0.25) is 0 Å². The molecule has 86 valence electrons. The molecule has 0 saturated carbocycles. The number of hydrogen-bond acceptors (Lipinski definition) is 5. The van der Waals surface area contributed by atoms with Gasteiger partial charge in [-0.05, 0) is 28.8 Å².